The number of aromatic nitrogens is 2. The Labute approximate surface area is 168 Å². The van der Waals surface area contributed by atoms with Gasteiger partial charge in [0.15, 0.2) is 0 Å². The third kappa shape index (κ3) is 3.60. The van der Waals surface area contributed by atoms with Crippen LogP contribution in [0.25, 0.3) is 10.2 Å². The van der Waals surface area contributed by atoms with Gasteiger partial charge in [0.2, 0.25) is 5.91 Å². The highest BCUT2D eigenvalue weighted by Gasteiger charge is 2.22. The third-order valence-corrected chi connectivity index (χ3v) is 7.24. The van der Waals surface area contributed by atoms with E-state index in [0.717, 1.165) is 40.5 Å². The van der Waals surface area contributed by atoms with E-state index >= 15 is 0 Å². The highest BCUT2D eigenvalue weighted by molar-refractivity contribution is 8.00. The summed E-state index contributed by atoms with van der Waals surface area (Å²) in [4.78, 5) is 26.5. The number of rotatable bonds is 4. The number of thioether (sulfide) groups is 1. The van der Waals surface area contributed by atoms with Crippen LogP contribution in [0.5, 0.6) is 0 Å². The predicted octanol–water partition coefficient (Wildman–Crippen LogP) is 4.55. The maximum atomic E-state index is 12.8. The van der Waals surface area contributed by atoms with Crippen molar-refractivity contribution in [1.29, 1.82) is 0 Å². The van der Waals surface area contributed by atoms with Crippen LogP contribution in [0.15, 0.2) is 29.3 Å². The quantitative estimate of drug-likeness (QED) is 0.479. The Bertz CT molecular complexity index is 1010. The molecule has 6 heteroatoms. The summed E-state index contributed by atoms with van der Waals surface area (Å²) >= 11 is 3.27. The summed E-state index contributed by atoms with van der Waals surface area (Å²) in [5.74, 6) is 1.46. The Balaban J connectivity index is 1.53. The van der Waals surface area contributed by atoms with E-state index in [1.165, 1.54) is 21.6 Å². The maximum absolute atomic E-state index is 12.8. The summed E-state index contributed by atoms with van der Waals surface area (Å²) in [5, 5.41) is 2.07. The number of hydrogen-bond donors (Lipinski definition) is 0. The lowest BCUT2D eigenvalue weighted by Crippen LogP contribution is -2.37. The van der Waals surface area contributed by atoms with Crippen LogP contribution in [0, 0.1) is 13.8 Å². The van der Waals surface area contributed by atoms with Gasteiger partial charge >= 0.3 is 0 Å². The maximum Gasteiger partial charge on any atom is 0.233 e. The van der Waals surface area contributed by atoms with E-state index in [9.17, 15) is 4.79 Å². The van der Waals surface area contributed by atoms with Crippen molar-refractivity contribution in [3.8, 4) is 0 Å². The second kappa shape index (κ2) is 7.60. The molecule has 1 aromatic carbocycles. The van der Waals surface area contributed by atoms with Crippen molar-refractivity contribution in [1.82, 2.24) is 14.9 Å². The molecule has 0 saturated carbocycles. The monoisotopic (exact) mass is 397 g/mol. The molecule has 0 bridgehead atoms. The highest BCUT2D eigenvalue weighted by atomic mass is 32.2. The van der Waals surface area contributed by atoms with Gasteiger partial charge in [0, 0.05) is 29.8 Å². The van der Waals surface area contributed by atoms with Crippen molar-refractivity contribution in [3.63, 3.8) is 0 Å². The zero-order chi connectivity index (χ0) is 19.0. The second-order valence-corrected chi connectivity index (χ2v) is 9.05. The Morgan fingerprint density at radius 1 is 1.22 bits per heavy atom. The summed E-state index contributed by atoms with van der Waals surface area (Å²) in [6.07, 6.45) is 1.74. The van der Waals surface area contributed by atoms with E-state index in [-0.39, 0.29) is 5.91 Å². The van der Waals surface area contributed by atoms with Crippen molar-refractivity contribution in [3.05, 3.63) is 51.7 Å². The van der Waals surface area contributed by atoms with Crippen LogP contribution in [0.3, 0.4) is 0 Å². The van der Waals surface area contributed by atoms with Gasteiger partial charge in [-0.1, -0.05) is 43.0 Å². The van der Waals surface area contributed by atoms with Crippen molar-refractivity contribution in [2.24, 2.45) is 0 Å². The fraction of sp³-hybridized carbons (Fsp3) is 0.381. The molecular weight excluding hydrogens is 374 g/mol. The molecule has 0 aliphatic carbocycles. The Morgan fingerprint density at radius 3 is 2.78 bits per heavy atom. The number of thiophene rings is 1. The van der Waals surface area contributed by atoms with E-state index in [1.54, 1.807) is 23.1 Å². The molecule has 1 aliphatic rings. The summed E-state index contributed by atoms with van der Waals surface area (Å²) in [7, 11) is 0. The molecule has 0 saturated heterocycles. The minimum atomic E-state index is 0.184. The molecule has 4 rings (SSSR count). The molecule has 4 nitrogen and oxygen atoms in total. The van der Waals surface area contributed by atoms with Gasteiger partial charge in [-0.25, -0.2) is 9.97 Å². The topological polar surface area (TPSA) is 46.1 Å². The molecule has 0 spiro atoms. The van der Waals surface area contributed by atoms with Crippen LogP contribution in [0.2, 0.25) is 0 Å². The summed E-state index contributed by atoms with van der Waals surface area (Å²) in [6.45, 7) is 7.83. The lowest BCUT2D eigenvalue weighted by atomic mass is 10.00. The van der Waals surface area contributed by atoms with Gasteiger partial charge in [0.05, 0.1) is 5.75 Å². The molecule has 0 N–H and O–H groups in total. The molecule has 3 heterocycles. The molecule has 1 aliphatic heterocycles. The van der Waals surface area contributed by atoms with Gasteiger partial charge in [0.25, 0.3) is 0 Å². The molecule has 27 heavy (non-hydrogen) atoms. The first kappa shape index (κ1) is 18.4. The summed E-state index contributed by atoms with van der Waals surface area (Å²) in [5.41, 5.74) is 3.87. The molecule has 2 aromatic heterocycles. The van der Waals surface area contributed by atoms with E-state index in [1.807, 2.05) is 11.0 Å². The molecule has 140 valence electrons. The SMILES string of the molecule is CCc1nc(SCC(=O)N2CCc3ccccc3C2)c2c(C)c(C)sc2n1. The number of aryl methyl sites for hydroxylation is 3. The number of carbonyl (C=O) groups is 1. The predicted molar refractivity (Wildman–Crippen MR) is 113 cm³/mol. The molecule has 0 atom stereocenters. The zero-order valence-corrected chi connectivity index (χ0v) is 17.5. The first-order valence-corrected chi connectivity index (χ1v) is 11.1. The van der Waals surface area contributed by atoms with Gasteiger partial charge in [-0.05, 0) is 37.0 Å². The van der Waals surface area contributed by atoms with Crippen LogP contribution < -0.4 is 0 Å². The van der Waals surface area contributed by atoms with Crippen LogP contribution in [-0.2, 0) is 24.2 Å². The number of amides is 1. The average Bonchev–Trinajstić information content (AvgIpc) is 2.99. The number of benzene rings is 1. The van der Waals surface area contributed by atoms with E-state index in [2.05, 4.69) is 44.0 Å². The Hall–Kier alpha value is -1.92. The lowest BCUT2D eigenvalue weighted by Gasteiger charge is -2.28. The van der Waals surface area contributed by atoms with Crippen molar-refractivity contribution in [2.45, 2.75) is 45.2 Å². The Kier molecular flexibility index (Phi) is 5.19. The first-order valence-electron chi connectivity index (χ1n) is 9.30. The first-order chi connectivity index (χ1) is 13.1. The standard InChI is InChI=1S/C21H23N3OS2/c1-4-17-22-20(19-13(2)14(3)27-21(19)23-17)26-12-18(25)24-10-9-15-7-5-6-8-16(15)11-24/h5-8H,4,9-12H2,1-3H3. The van der Waals surface area contributed by atoms with Gasteiger partial charge in [0.1, 0.15) is 15.7 Å². The number of carbonyl (C=O) groups excluding carboxylic acids is 1. The van der Waals surface area contributed by atoms with Gasteiger partial charge < -0.3 is 4.90 Å². The largest absolute Gasteiger partial charge is 0.337 e. The van der Waals surface area contributed by atoms with E-state index in [0.29, 0.717) is 12.3 Å². The van der Waals surface area contributed by atoms with Crippen molar-refractivity contribution >= 4 is 39.2 Å². The molecule has 0 unspecified atom stereocenters. The van der Waals surface area contributed by atoms with Crippen LogP contribution in [0.1, 0.15) is 34.3 Å². The minimum absolute atomic E-state index is 0.184. The second-order valence-electron chi connectivity index (χ2n) is 6.88. The zero-order valence-electron chi connectivity index (χ0n) is 15.9. The van der Waals surface area contributed by atoms with E-state index in [4.69, 9.17) is 4.98 Å². The highest BCUT2D eigenvalue weighted by Crippen LogP contribution is 2.35. The number of fused-ring (bicyclic) bond motifs is 2. The smallest absolute Gasteiger partial charge is 0.233 e. The van der Waals surface area contributed by atoms with Crippen LogP contribution in [0.4, 0.5) is 0 Å². The Morgan fingerprint density at radius 2 is 2.00 bits per heavy atom. The number of nitrogens with zero attached hydrogens (tertiary/aromatic N) is 3. The number of hydrogen-bond acceptors (Lipinski definition) is 5. The summed E-state index contributed by atoms with van der Waals surface area (Å²) in [6, 6.07) is 8.41. The lowest BCUT2D eigenvalue weighted by molar-refractivity contribution is -0.129. The molecule has 0 radical (unpaired) electrons. The van der Waals surface area contributed by atoms with Crippen LogP contribution in [-0.4, -0.2) is 33.1 Å². The fourth-order valence-electron chi connectivity index (χ4n) is 3.45. The van der Waals surface area contributed by atoms with Gasteiger partial charge in [-0.3, -0.25) is 4.79 Å². The van der Waals surface area contributed by atoms with Gasteiger partial charge in [-0.15, -0.1) is 11.3 Å². The molecule has 0 fully saturated rings. The average molecular weight is 398 g/mol. The van der Waals surface area contributed by atoms with Crippen LogP contribution >= 0.6 is 23.1 Å². The van der Waals surface area contributed by atoms with Crippen molar-refractivity contribution in [2.75, 3.05) is 12.3 Å². The minimum Gasteiger partial charge on any atom is -0.337 e. The third-order valence-electron chi connectivity index (χ3n) is 5.17. The normalized spacial score (nSPS) is 13.8. The molecule has 1 amide bonds. The van der Waals surface area contributed by atoms with Gasteiger partial charge in [-0.2, -0.15) is 0 Å². The van der Waals surface area contributed by atoms with Crippen molar-refractivity contribution < 1.29 is 4.79 Å². The van der Waals surface area contributed by atoms with E-state index < -0.39 is 0 Å². The molecule has 3 aromatic rings. The molecular formula is C21H23N3OS2. The fourth-order valence-corrected chi connectivity index (χ4v) is 5.57. The summed E-state index contributed by atoms with van der Waals surface area (Å²) < 4.78 is 0.